The third kappa shape index (κ3) is 4.96. The van der Waals surface area contributed by atoms with Crippen molar-refractivity contribution in [3.05, 3.63) is 48.0 Å². The van der Waals surface area contributed by atoms with E-state index in [0.29, 0.717) is 17.1 Å². The molecule has 8 heteroatoms. The molecule has 2 heterocycles. The number of amides is 2. The van der Waals surface area contributed by atoms with Crippen LogP contribution in [0.2, 0.25) is 0 Å². The maximum absolute atomic E-state index is 12.2. The van der Waals surface area contributed by atoms with Crippen molar-refractivity contribution in [3.63, 3.8) is 0 Å². The monoisotopic (exact) mass is 423 g/mol. The molecule has 31 heavy (non-hydrogen) atoms. The first kappa shape index (κ1) is 20.7. The van der Waals surface area contributed by atoms with Gasteiger partial charge in [0.05, 0.1) is 12.1 Å². The number of aryl methyl sites for hydroxylation is 1. The van der Waals surface area contributed by atoms with E-state index in [1.54, 1.807) is 24.3 Å². The summed E-state index contributed by atoms with van der Waals surface area (Å²) < 4.78 is 10.6. The van der Waals surface area contributed by atoms with E-state index >= 15 is 0 Å². The number of hydrogen-bond donors (Lipinski definition) is 2. The molecule has 8 nitrogen and oxygen atoms in total. The Bertz CT molecular complexity index is 1000. The SMILES string of the molecule is Cc1cc(NC(=O)COC(=O)C[C@@H]2Oc3ccccc3NC2=O)ccc1N1CCCC1. The number of rotatable bonds is 6. The average Bonchev–Trinajstić information content (AvgIpc) is 3.27. The highest BCUT2D eigenvalue weighted by molar-refractivity contribution is 5.99. The molecule has 2 N–H and O–H groups in total. The molecule has 0 unspecified atom stereocenters. The Morgan fingerprint density at radius 1 is 1.19 bits per heavy atom. The maximum Gasteiger partial charge on any atom is 0.310 e. The predicted molar refractivity (Wildman–Crippen MR) is 116 cm³/mol. The smallest absolute Gasteiger partial charge is 0.310 e. The second kappa shape index (κ2) is 9.07. The van der Waals surface area contributed by atoms with Gasteiger partial charge in [0, 0.05) is 24.5 Å². The number of ether oxygens (including phenoxy) is 2. The summed E-state index contributed by atoms with van der Waals surface area (Å²) in [6, 6.07) is 12.7. The largest absolute Gasteiger partial charge is 0.478 e. The summed E-state index contributed by atoms with van der Waals surface area (Å²) in [5, 5.41) is 5.42. The minimum Gasteiger partial charge on any atom is -0.478 e. The lowest BCUT2D eigenvalue weighted by atomic mass is 10.1. The Labute approximate surface area is 180 Å². The molecule has 2 aromatic rings. The first-order valence-electron chi connectivity index (χ1n) is 10.4. The summed E-state index contributed by atoms with van der Waals surface area (Å²) in [5.41, 5.74) is 3.46. The van der Waals surface area contributed by atoms with Crippen molar-refractivity contribution in [2.45, 2.75) is 32.3 Å². The fourth-order valence-electron chi connectivity index (χ4n) is 3.83. The number of nitrogens with zero attached hydrogens (tertiary/aromatic N) is 1. The average molecular weight is 423 g/mol. The van der Waals surface area contributed by atoms with Crippen molar-refractivity contribution < 1.29 is 23.9 Å². The Hall–Kier alpha value is -3.55. The van der Waals surface area contributed by atoms with Crippen LogP contribution in [0.3, 0.4) is 0 Å². The number of fused-ring (bicyclic) bond motifs is 1. The minimum atomic E-state index is -0.994. The van der Waals surface area contributed by atoms with Crippen molar-refractivity contribution >= 4 is 34.8 Å². The van der Waals surface area contributed by atoms with Crippen LogP contribution < -0.4 is 20.3 Å². The van der Waals surface area contributed by atoms with Gasteiger partial charge in [0.2, 0.25) is 0 Å². The minimum absolute atomic E-state index is 0.281. The van der Waals surface area contributed by atoms with Gasteiger partial charge in [-0.05, 0) is 55.7 Å². The number of carbonyl (C=O) groups is 3. The highest BCUT2D eigenvalue weighted by atomic mass is 16.5. The maximum atomic E-state index is 12.2. The van der Waals surface area contributed by atoms with Crippen LogP contribution in [0.5, 0.6) is 5.75 Å². The van der Waals surface area contributed by atoms with Gasteiger partial charge in [0.15, 0.2) is 12.7 Å². The molecule has 0 saturated carbocycles. The summed E-state index contributed by atoms with van der Waals surface area (Å²) in [5.74, 6) is -1.06. The molecule has 1 saturated heterocycles. The summed E-state index contributed by atoms with van der Waals surface area (Å²) in [7, 11) is 0. The first-order chi connectivity index (χ1) is 15.0. The molecule has 0 aromatic heterocycles. The quantitative estimate of drug-likeness (QED) is 0.694. The van der Waals surface area contributed by atoms with E-state index in [0.717, 1.165) is 18.7 Å². The Balaban J connectivity index is 1.25. The highest BCUT2D eigenvalue weighted by Crippen LogP contribution is 2.30. The molecule has 1 atom stereocenters. The van der Waals surface area contributed by atoms with Gasteiger partial charge >= 0.3 is 5.97 Å². The van der Waals surface area contributed by atoms with E-state index in [1.165, 1.54) is 18.5 Å². The Morgan fingerprint density at radius 3 is 2.74 bits per heavy atom. The molecule has 0 spiro atoms. The van der Waals surface area contributed by atoms with Gasteiger partial charge in [-0.3, -0.25) is 14.4 Å². The molecule has 162 valence electrons. The normalized spacial score (nSPS) is 17.4. The van der Waals surface area contributed by atoms with Crippen LogP contribution in [0.4, 0.5) is 17.1 Å². The molecule has 2 amide bonds. The van der Waals surface area contributed by atoms with Gasteiger partial charge in [0.25, 0.3) is 11.8 Å². The second-order valence-corrected chi connectivity index (χ2v) is 7.70. The lowest BCUT2D eigenvalue weighted by Crippen LogP contribution is -2.39. The number of nitrogens with one attached hydrogen (secondary N) is 2. The van der Waals surface area contributed by atoms with Gasteiger partial charge in [0.1, 0.15) is 5.75 Å². The zero-order valence-electron chi connectivity index (χ0n) is 17.3. The summed E-state index contributed by atoms with van der Waals surface area (Å²) in [6.07, 6.45) is 1.12. The summed E-state index contributed by atoms with van der Waals surface area (Å²) in [6.45, 7) is 3.68. The van der Waals surface area contributed by atoms with Gasteiger partial charge < -0.3 is 25.0 Å². The first-order valence-corrected chi connectivity index (χ1v) is 10.4. The van der Waals surface area contributed by atoms with Crippen molar-refractivity contribution in [2.75, 3.05) is 35.2 Å². The van der Waals surface area contributed by atoms with E-state index in [9.17, 15) is 14.4 Å². The van der Waals surface area contributed by atoms with Gasteiger partial charge in [-0.15, -0.1) is 0 Å². The van der Waals surface area contributed by atoms with E-state index in [-0.39, 0.29) is 6.42 Å². The number of hydrogen-bond acceptors (Lipinski definition) is 6. The van der Waals surface area contributed by atoms with Crippen LogP contribution in [0.25, 0.3) is 0 Å². The fourth-order valence-corrected chi connectivity index (χ4v) is 3.83. The standard InChI is InChI=1S/C23H25N3O5/c1-15-12-16(8-9-18(15)26-10-4-5-11-26)24-21(27)14-30-22(28)13-20-23(29)25-17-6-2-3-7-19(17)31-20/h2-3,6-9,12,20H,4-5,10-11,13-14H2,1H3,(H,24,27)(H,25,29)/t20-/m0/s1. The molecule has 0 aliphatic carbocycles. The molecular formula is C23H25N3O5. The molecule has 2 aliphatic rings. The molecule has 2 aliphatic heterocycles. The summed E-state index contributed by atoms with van der Waals surface area (Å²) in [4.78, 5) is 38.7. The molecule has 4 rings (SSSR count). The molecule has 0 radical (unpaired) electrons. The molecule has 1 fully saturated rings. The topological polar surface area (TPSA) is 97.0 Å². The van der Waals surface area contributed by atoms with Gasteiger partial charge in [-0.1, -0.05) is 12.1 Å². The van der Waals surface area contributed by atoms with Gasteiger partial charge in [-0.2, -0.15) is 0 Å². The Kier molecular flexibility index (Phi) is 6.06. The van der Waals surface area contributed by atoms with E-state index in [4.69, 9.17) is 9.47 Å². The van der Waals surface area contributed by atoms with Crippen molar-refractivity contribution in [1.29, 1.82) is 0 Å². The molecular weight excluding hydrogens is 398 g/mol. The van der Waals surface area contributed by atoms with E-state index in [1.807, 2.05) is 25.1 Å². The van der Waals surface area contributed by atoms with Crippen LogP contribution in [0.1, 0.15) is 24.8 Å². The number of benzene rings is 2. The number of para-hydroxylation sites is 2. The molecule has 0 bridgehead atoms. The number of esters is 1. The third-order valence-electron chi connectivity index (χ3n) is 5.35. The van der Waals surface area contributed by atoms with Crippen LogP contribution in [0, 0.1) is 6.92 Å². The van der Waals surface area contributed by atoms with E-state index < -0.39 is 30.5 Å². The summed E-state index contributed by atoms with van der Waals surface area (Å²) >= 11 is 0. The Morgan fingerprint density at radius 2 is 1.97 bits per heavy atom. The second-order valence-electron chi connectivity index (χ2n) is 7.70. The lowest BCUT2D eigenvalue weighted by molar-refractivity contribution is -0.150. The van der Waals surface area contributed by atoms with Crippen LogP contribution in [-0.2, 0) is 19.1 Å². The van der Waals surface area contributed by atoms with Gasteiger partial charge in [-0.25, -0.2) is 0 Å². The predicted octanol–water partition coefficient (Wildman–Crippen LogP) is 2.87. The third-order valence-corrected chi connectivity index (χ3v) is 5.35. The zero-order chi connectivity index (χ0) is 21.8. The number of anilines is 3. The highest BCUT2D eigenvalue weighted by Gasteiger charge is 2.30. The van der Waals surface area contributed by atoms with Crippen LogP contribution >= 0.6 is 0 Å². The van der Waals surface area contributed by atoms with Crippen molar-refractivity contribution in [3.8, 4) is 5.75 Å². The number of carbonyl (C=O) groups excluding carboxylic acids is 3. The van der Waals surface area contributed by atoms with Crippen molar-refractivity contribution in [1.82, 2.24) is 0 Å². The zero-order valence-corrected chi connectivity index (χ0v) is 17.3. The van der Waals surface area contributed by atoms with E-state index in [2.05, 4.69) is 15.5 Å². The lowest BCUT2D eigenvalue weighted by Gasteiger charge is -2.25. The van der Waals surface area contributed by atoms with Crippen molar-refractivity contribution in [2.24, 2.45) is 0 Å². The van der Waals surface area contributed by atoms with Crippen LogP contribution in [-0.4, -0.2) is 43.6 Å². The fraction of sp³-hybridized carbons (Fsp3) is 0.348. The van der Waals surface area contributed by atoms with Crippen LogP contribution in [0.15, 0.2) is 42.5 Å². The molecule has 2 aromatic carbocycles.